The molecule has 0 spiro atoms. The summed E-state index contributed by atoms with van der Waals surface area (Å²) in [4.78, 5) is 10.9. The number of H-pyrrole nitrogens is 1. The Morgan fingerprint density at radius 1 is 1.08 bits per heavy atom. The monoisotopic (exact) mass is 382 g/mol. The lowest BCUT2D eigenvalue weighted by Crippen LogP contribution is -2.04. The molecular weight excluding hydrogens is 364 g/mol. The second-order valence-electron chi connectivity index (χ2n) is 5.77. The fraction of sp³-hybridized carbons (Fsp3) is 0.222. The van der Waals surface area contributed by atoms with Gasteiger partial charge in [0.25, 0.3) is 0 Å². The van der Waals surface area contributed by atoms with Gasteiger partial charge in [-0.25, -0.2) is 4.98 Å². The van der Waals surface area contributed by atoms with Gasteiger partial charge >= 0.3 is 0 Å². The number of nitrogens with zero attached hydrogens (tertiary/aromatic N) is 5. The van der Waals surface area contributed by atoms with Crippen molar-refractivity contribution in [2.75, 3.05) is 5.75 Å². The van der Waals surface area contributed by atoms with Gasteiger partial charge in [0.15, 0.2) is 11.5 Å². The average Bonchev–Trinajstić information content (AvgIpc) is 3.31. The number of hydrogen-bond donors (Lipinski definition) is 1. The van der Waals surface area contributed by atoms with E-state index in [-0.39, 0.29) is 0 Å². The first-order valence-electron chi connectivity index (χ1n) is 8.29. The summed E-state index contributed by atoms with van der Waals surface area (Å²) in [6.07, 6.45) is 1.46. The largest absolute Gasteiger partial charge is 0.333 e. The molecule has 2 aromatic heterocycles. The van der Waals surface area contributed by atoms with E-state index in [1.807, 2.05) is 30.0 Å². The summed E-state index contributed by atoms with van der Waals surface area (Å²) in [5, 5.41) is 12.6. The van der Waals surface area contributed by atoms with E-state index in [1.54, 1.807) is 16.6 Å². The van der Waals surface area contributed by atoms with Crippen LogP contribution in [0.2, 0.25) is 0 Å². The van der Waals surface area contributed by atoms with E-state index >= 15 is 0 Å². The van der Waals surface area contributed by atoms with E-state index in [1.165, 1.54) is 22.3 Å². The van der Waals surface area contributed by atoms with Crippen LogP contribution in [0.5, 0.6) is 0 Å². The maximum absolute atomic E-state index is 4.64. The van der Waals surface area contributed by atoms with E-state index in [4.69, 9.17) is 0 Å². The molecule has 0 saturated heterocycles. The number of benzene rings is 2. The lowest BCUT2D eigenvalue weighted by atomic mass is 10.1. The van der Waals surface area contributed by atoms with E-state index in [0.29, 0.717) is 0 Å². The summed E-state index contributed by atoms with van der Waals surface area (Å²) in [6, 6.07) is 14.6. The second kappa shape index (κ2) is 7.92. The van der Waals surface area contributed by atoms with Gasteiger partial charge in [-0.3, -0.25) is 0 Å². The van der Waals surface area contributed by atoms with Crippen molar-refractivity contribution in [2.45, 2.75) is 29.3 Å². The molecule has 0 amide bonds. The third-order valence-corrected chi connectivity index (χ3v) is 6.13. The van der Waals surface area contributed by atoms with Gasteiger partial charge in [-0.2, -0.15) is 4.80 Å². The normalized spacial score (nSPS) is 11.3. The van der Waals surface area contributed by atoms with E-state index in [9.17, 15) is 0 Å². The molecule has 0 aliphatic heterocycles. The zero-order valence-electron chi connectivity index (χ0n) is 14.3. The molecule has 6 nitrogen and oxygen atoms in total. The van der Waals surface area contributed by atoms with Gasteiger partial charge in [0, 0.05) is 16.4 Å². The van der Waals surface area contributed by atoms with Crippen molar-refractivity contribution >= 4 is 34.6 Å². The van der Waals surface area contributed by atoms with E-state index in [0.717, 1.165) is 34.2 Å². The van der Waals surface area contributed by atoms with Crippen molar-refractivity contribution in [3.05, 3.63) is 59.9 Å². The third kappa shape index (κ3) is 3.91. The van der Waals surface area contributed by atoms with Crippen LogP contribution in [0.1, 0.15) is 11.1 Å². The maximum Gasteiger partial charge on any atom is 0.166 e. The Balaban J connectivity index is 1.40. The zero-order valence-corrected chi connectivity index (χ0v) is 15.9. The smallest absolute Gasteiger partial charge is 0.166 e. The SMILES string of the molecule is Cc1c(CSc2nc3ccccc3[nH]2)cccc1SCCn1ncnn1. The van der Waals surface area contributed by atoms with Crippen molar-refractivity contribution in [2.24, 2.45) is 0 Å². The first-order chi connectivity index (χ1) is 12.8. The summed E-state index contributed by atoms with van der Waals surface area (Å²) in [7, 11) is 0. The summed E-state index contributed by atoms with van der Waals surface area (Å²) >= 11 is 3.56. The van der Waals surface area contributed by atoms with Crippen LogP contribution in [-0.2, 0) is 12.3 Å². The minimum atomic E-state index is 0.752. The highest BCUT2D eigenvalue weighted by Gasteiger charge is 2.08. The zero-order chi connectivity index (χ0) is 17.8. The summed E-state index contributed by atoms with van der Waals surface area (Å²) in [5.41, 5.74) is 4.75. The fourth-order valence-electron chi connectivity index (χ4n) is 2.64. The average molecular weight is 383 g/mol. The minimum absolute atomic E-state index is 0.752. The molecule has 0 unspecified atom stereocenters. The topological polar surface area (TPSA) is 72.3 Å². The molecule has 0 fully saturated rings. The molecular formula is C18H18N6S2. The van der Waals surface area contributed by atoms with Crippen LogP contribution in [0.4, 0.5) is 0 Å². The lowest BCUT2D eigenvalue weighted by molar-refractivity contribution is 0.557. The van der Waals surface area contributed by atoms with Gasteiger partial charge in [-0.1, -0.05) is 36.0 Å². The van der Waals surface area contributed by atoms with Crippen molar-refractivity contribution in [1.29, 1.82) is 0 Å². The predicted molar refractivity (Wildman–Crippen MR) is 105 cm³/mol. The molecule has 132 valence electrons. The molecule has 2 aromatic carbocycles. The maximum atomic E-state index is 4.64. The molecule has 1 N–H and O–H groups in total. The fourth-order valence-corrected chi connectivity index (χ4v) is 4.59. The molecule has 2 heterocycles. The first-order valence-corrected chi connectivity index (χ1v) is 10.3. The molecule has 26 heavy (non-hydrogen) atoms. The predicted octanol–water partition coefficient (Wildman–Crippen LogP) is 3.94. The Morgan fingerprint density at radius 3 is 2.85 bits per heavy atom. The summed E-state index contributed by atoms with van der Waals surface area (Å²) in [5.74, 6) is 1.81. The summed E-state index contributed by atoms with van der Waals surface area (Å²) < 4.78 is 0. The number of nitrogens with one attached hydrogen (secondary N) is 1. The van der Waals surface area contributed by atoms with Gasteiger partial charge in [0.2, 0.25) is 0 Å². The molecule has 0 bridgehead atoms. The van der Waals surface area contributed by atoms with Crippen LogP contribution in [0.25, 0.3) is 11.0 Å². The number of para-hydroxylation sites is 2. The number of fused-ring (bicyclic) bond motifs is 1. The van der Waals surface area contributed by atoms with Crippen LogP contribution in [-0.4, -0.2) is 35.9 Å². The Bertz CT molecular complexity index is 963. The van der Waals surface area contributed by atoms with E-state index < -0.39 is 0 Å². The molecule has 0 aliphatic carbocycles. The van der Waals surface area contributed by atoms with Gasteiger partial charge in [-0.05, 0) is 41.5 Å². The number of aromatic nitrogens is 6. The molecule has 4 rings (SSSR count). The Kier molecular flexibility index (Phi) is 5.21. The highest BCUT2D eigenvalue weighted by molar-refractivity contribution is 7.99. The van der Waals surface area contributed by atoms with Gasteiger partial charge in [0.1, 0.15) is 0 Å². The lowest BCUT2D eigenvalue weighted by Gasteiger charge is -2.10. The molecule has 0 atom stereocenters. The number of rotatable bonds is 7. The van der Waals surface area contributed by atoms with Crippen molar-refractivity contribution in [3.8, 4) is 0 Å². The van der Waals surface area contributed by atoms with E-state index in [2.05, 4.69) is 56.6 Å². The highest BCUT2D eigenvalue weighted by atomic mass is 32.2. The number of imidazole rings is 1. The number of aromatic amines is 1. The van der Waals surface area contributed by atoms with Crippen LogP contribution in [0.3, 0.4) is 0 Å². The van der Waals surface area contributed by atoms with Gasteiger partial charge in [-0.15, -0.1) is 22.0 Å². The van der Waals surface area contributed by atoms with Gasteiger partial charge < -0.3 is 4.98 Å². The Hall–Kier alpha value is -2.32. The molecule has 0 saturated carbocycles. The first kappa shape index (κ1) is 17.1. The van der Waals surface area contributed by atoms with Crippen LogP contribution in [0, 0.1) is 6.92 Å². The van der Waals surface area contributed by atoms with Gasteiger partial charge in [0.05, 0.1) is 17.6 Å². The second-order valence-corrected chi connectivity index (χ2v) is 7.87. The Labute approximate surface area is 159 Å². The minimum Gasteiger partial charge on any atom is -0.333 e. The number of tetrazole rings is 1. The number of hydrogen-bond acceptors (Lipinski definition) is 6. The Morgan fingerprint density at radius 2 is 2.00 bits per heavy atom. The quantitative estimate of drug-likeness (QED) is 0.488. The molecule has 0 aliphatic rings. The number of thioether (sulfide) groups is 2. The molecule has 0 radical (unpaired) electrons. The van der Waals surface area contributed by atoms with Crippen molar-refractivity contribution < 1.29 is 0 Å². The highest BCUT2D eigenvalue weighted by Crippen LogP contribution is 2.29. The third-order valence-electron chi connectivity index (χ3n) is 4.07. The number of aryl methyl sites for hydroxylation is 1. The van der Waals surface area contributed by atoms with Crippen LogP contribution < -0.4 is 0 Å². The molecule has 4 aromatic rings. The van der Waals surface area contributed by atoms with Crippen molar-refractivity contribution in [3.63, 3.8) is 0 Å². The van der Waals surface area contributed by atoms with Crippen LogP contribution >= 0.6 is 23.5 Å². The summed E-state index contributed by atoms with van der Waals surface area (Å²) in [6.45, 7) is 2.94. The van der Waals surface area contributed by atoms with Crippen LogP contribution in [0.15, 0.2) is 58.8 Å². The standard InChI is InChI=1S/C18H18N6S2/c1-13-14(11-26-18-21-15-6-2-3-7-16(15)22-18)5-4-8-17(13)25-10-9-24-20-12-19-23-24/h2-8,12H,9-11H2,1H3,(H,21,22). The molecule has 8 heteroatoms. The van der Waals surface area contributed by atoms with Crippen molar-refractivity contribution in [1.82, 2.24) is 30.2 Å².